The summed E-state index contributed by atoms with van der Waals surface area (Å²) in [5, 5.41) is 2.88. The first kappa shape index (κ1) is 17.4. The van der Waals surface area contributed by atoms with E-state index in [2.05, 4.69) is 5.32 Å². The average Bonchev–Trinajstić information content (AvgIpc) is 3.11. The molecule has 1 aromatic carbocycles. The van der Waals surface area contributed by atoms with Crippen molar-refractivity contribution in [3.63, 3.8) is 0 Å². The minimum atomic E-state index is -3.56. The van der Waals surface area contributed by atoms with Crippen LogP contribution < -0.4 is 5.32 Å². The van der Waals surface area contributed by atoms with Gasteiger partial charge in [-0.05, 0) is 61.6 Å². The van der Waals surface area contributed by atoms with Gasteiger partial charge < -0.3 is 5.32 Å². The molecular formula is C18H24FNO3S. The molecule has 0 spiro atoms. The standard InChI is InChI=1S/C18H24FNO3S/c1-12(17-9-14-2-5-15(17)8-14)20-18(21)11-24(22,23)10-13-3-6-16(19)7-4-13/h3-4,6-7,12,14-15,17H,2,5,8-11H2,1H3,(H,20,21)/t12-,14-,15-,17+/m0/s1. The van der Waals surface area contributed by atoms with Crippen molar-refractivity contribution in [2.75, 3.05) is 5.75 Å². The third-order valence-electron chi connectivity index (χ3n) is 5.47. The molecule has 0 saturated heterocycles. The maximum Gasteiger partial charge on any atom is 0.235 e. The van der Waals surface area contributed by atoms with Gasteiger partial charge in [-0.1, -0.05) is 18.6 Å². The zero-order valence-electron chi connectivity index (χ0n) is 13.9. The summed E-state index contributed by atoms with van der Waals surface area (Å²) in [5.74, 6) is 0.342. The SMILES string of the molecule is C[C@H](NC(=O)CS(=O)(=O)Cc1ccc(F)cc1)[C@H]1C[C@H]2CC[C@H]1C2. The van der Waals surface area contributed by atoms with Crippen LogP contribution in [-0.4, -0.2) is 26.1 Å². The van der Waals surface area contributed by atoms with Gasteiger partial charge in [-0.3, -0.25) is 4.79 Å². The topological polar surface area (TPSA) is 63.2 Å². The molecule has 2 fully saturated rings. The molecule has 1 N–H and O–H groups in total. The lowest BCUT2D eigenvalue weighted by Gasteiger charge is -2.28. The highest BCUT2D eigenvalue weighted by Crippen LogP contribution is 2.49. The van der Waals surface area contributed by atoms with Crippen LogP contribution in [0.2, 0.25) is 0 Å². The number of carbonyl (C=O) groups is 1. The Kier molecular flexibility index (Phi) is 4.95. The van der Waals surface area contributed by atoms with Crippen molar-refractivity contribution < 1.29 is 17.6 Å². The zero-order valence-corrected chi connectivity index (χ0v) is 14.7. The fraction of sp³-hybridized carbons (Fsp3) is 0.611. The number of hydrogen-bond acceptors (Lipinski definition) is 3. The number of carbonyl (C=O) groups excluding carboxylic acids is 1. The lowest BCUT2D eigenvalue weighted by molar-refractivity contribution is -0.119. The van der Waals surface area contributed by atoms with Crippen LogP contribution in [0.5, 0.6) is 0 Å². The number of hydrogen-bond donors (Lipinski definition) is 1. The van der Waals surface area contributed by atoms with Crippen molar-refractivity contribution in [1.29, 1.82) is 0 Å². The Balaban J connectivity index is 1.52. The lowest BCUT2D eigenvalue weighted by atomic mass is 9.84. The summed E-state index contributed by atoms with van der Waals surface area (Å²) >= 11 is 0. The third kappa shape index (κ3) is 4.15. The molecule has 1 aromatic rings. The number of amides is 1. The van der Waals surface area contributed by atoms with E-state index in [0.29, 0.717) is 17.4 Å². The summed E-state index contributed by atoms with van der Waals surface area (Å²) in [4.78, 5) is 12.1. The van der Waals surface area contributed by atoms with Crippen molar-refractivity contribution in [2.45, 2.75) is 44.4 Å². The third-order valence-corrected chi connectivity index (χ3v) is 6.95. The van der Waals surface area contributed by atoms with E-state index in [1.807, 2.05) is 6.92 Å². The van der Waals surface area contributed by atoms with E-state index in [4.69, 9.17) is 0 Å². The molecule has 4 nitrogen and oxygen atoms in total. The van der Waals surface area contributed by atoms with Gasteiger partial charge in [-0.2, -0.15) is 0 Å². The van der Waals surface area contributed by atoms with E-state index in [1.54, 1.807) is 0 Å². The van der Waals surface area contributed by atoms with Gasteiger partial charge in [0.05, 0.1) is 5.75 Å². The molecule has 0 heterocycles. The second kappa shape index (κ2) is 6.82. The Hall–Kier alpha value is -1.43. The zero-order chi connectivity index (χ0) is 17.3. The Bertz CT molecular complexity index is 701. The first-order valence-corrected chi connectivity index (χ1v) is 10.4. The Morgan fingerprint density at radius 1 is 1.25 bits per heavy atom. The summed E-state index contributed by atoms with van der Waals surface area (Å²) in [6.45, 7) is 1.98. The largest absolute Gasteiger partial charge is 0.352 e. The van der Waals surface area contributed by atoms with Gasteiger partial charge in [-0.25, -0.2) is 12.8 Å². The number of rotatable bonds is 6. The highest BCUT2D eigenvalue weighted by molar-refractivity contribution is 7.91. The number of nitrogens with one attached hydrogen (secondary N) is 1. The van der Waals surface area contributed by atoms with Gasteiger partial charge >= 0.3 is 0 Å². The molecule has 2 aliphatic carbocycles. The maximum atomic E-state index is 12.9. The number of halogens is 1. The maximum absolute atomic E-state index is 12.9. The first-order chi connectivity index (χ1) is 11.3. The van der Waals surface area contributed by atoms with Gasteiger partial charge in [0.1, 0.15) is 11.6 Å². The monoisotopic (exact) mass is 353 g/mol. The smallest absolute Gasteiger partial charge is 0.235 e. The molecule has 1 amide bonds. The number of sulfone groups is 1. The van der Waals surface area contributed by atoms with Gasteiger partial charge in [0.25, 0.3) is 0 Å². The minimum Gasteiger partial charge on any atom is -0.352 e. The lowest BCUT2D eigenvalue weighted by Crippen LogP contribution is -2.42. The predicted molar refractivity (Wildman–Crippen MR) is 90.4 cm³/mol. The van der Waals surface area contributed by atoms with Crippen LogP contribution in [0.25, 0.3) is 0 Å². The predicted octanol–water partition coefficient (Wildman–Crippen LogP) is 2.68. The van der Waals surface area contributed by atoms with Gasteiger partial charge in [-0.15, -0.1) is 0 Å². The molecule has 2 saturated carbocycles. The second-order valence-corrected chi connectivity index (χ2v) is 9.42. The molecule has 0 unspecified atom stereocenters. The summed E-state index contributed by atoms with van der Waals surface area (Å²) in [6.07, 6.45) is 4.94. The summed E-state index contributed by atoms with van der Waals surface area (Å²) in [5.41, 5.74) is 0.491. The van der Waals surface area contributed by atoms with Crippen molar-refractivity contribution in [2.24, 2.45) is 17.8 Å². The molecule has 24 heavy (non-hydrogen) atoms. The van der Waals surface area contributed by atoms with E-state index in [0.717, 1.165) is 12.3 Å². The highest BCUT2D eigenvalue weighted by Gasteiger charge is 2.42. The Morgan fingerprint density at radius 2 is 1.96 bits per heavy atom. The van der Waals surface area contributed by atoms with E-state index < -0.39 is 27.3 Å². The molecule has 3 rings (SSSR count). The molecule has 2 aliphatic rings. The van der Waals surface area contributed by atoms with Crippen LogP contribution in [0, 0.1) is 23.6 Å². The van der Waals surface area contributed by atoms with E-state index in [1.165, 1.54) is 43.5 Å². The molecule has 6 heteroatoms. The molecule has 132 valence electrons. The van der Waals surface area contributed by atoms with Gasteiger partial charge in [0, 0.05) is 6.04 Å². The summed E-state index contributed by atoms with van der Waals surface area (Å²) in [6, 6.07) is 5.34. The second-order valence-electron chi connectivity index (χ2n) is 7.35. The minimum absolute atomic E-state index is 0.0221. The molecule has 4 atom stereocenters. The van der Waals surface area contributed by atoms with Crippen LogP contribution in [0.15, 0.2) is 24.3 Å². The summed E-state index contributed by atoms with van der Waals surface area (Å²) < 4.78 is 37.2. The van der Waals surface area contributed by atoms with Gasteiger partial charge in [0.15, 0.2) is 9.84 Å². The number of benzene rings is 1. The van der Waals surface area contributed by atoms with Crippen LogP contribution in [-0.2, 0) is 20.4 Å². The fourth-order valence-electron chi connectivity index (χ4n) is 4.39. The fourth-order valence-corrected chi connectivity index (χ4v) is 5.68. The Morgan fingerprint density at radius 3 is 2.54 bits per heavy atom. The van der Waals surface area contributed by atoms with Crippen LogP contribution in [0.4, 0.5) is 4.39 Å². The Labute approximate surface area is 142 Å². The molecule has 2 bridgehead atoms. The molecule has 0 aliphatic heterocycles. The van der Waals surface area contributed by atoms with Crippen LogP contribution in [0.1, 0.15) is 38.2 Å². The summed E-state index contributed by atoms with van der Waals surface area (Å²) in [7, 11) is -3.56. The van der Waals surface area contributed by atoms with E-state index in [9.17, 15) is 17.6 Å². The van der Waals surface area contributed by atoms with Crippen LogP contribution >= 0.6 is 0 Å². The van der Waals surface area contributed by atoms with Gasteiger partial charge in [0.2, 0.25) is 5.91 Å². The number of fused-ring (bicyclic) bond motifs is 2. The normalized spacial score (nSPS) is 27.2. The van der Waals surface area contributed by atoms with Crippen LogP contribution in [0.3, 0.4) is 0 Å². The quantitative estimate of drug-likeness (QED) is 0.855. The molecule has 0 aromatic heterocycles. The van der Waals surface area contributed by atoms with E-state index >= 15 is 0 Å². The molecular weight excluding hydrogens is 329 g/mol. The average molecular weight is 353 g/mol. The van der Waals surface area contributed by atoms with Crippen molar-refractivity contribution in [1.82, 2.24) is 5.32 Å². The highest BCUT2D eigenvalue weighted by atomic mass is 32.2. The van der Waals surface area contributed by atoms with E-state index in [-0.39, 0.29) is 11.8 Å². The first-order valence-electron chi connectivity index (χ1n) is 8.56. The molecule has 0 radical (unpaired) electrons. The van der Waals surface area contributed by atoms with Crippen molar-refractivity contribution in [3.8, 4) is 0 Å². The van der Waals surface area contributed by atoms with Crippen molar-refractivity contribution >= 4 is 15.7 Å². The van der Waals surface area contributed by atoms with Crippen molar-refractivity contribution in [3.05, 3.63) is 35.6 Å².